The standard InChI is InChI=1S/C10H12N2O2/c13-7-8-4-10(14)12(6-8)9-2-1-3-11-5-9/h1-3,5,8,13H,4,6-7H2. The van der Waals surface area contributed by atoms with Crippen LogP contribution < -0.4 is 4.90 Å². The van der Waals surface area contributed by atoms with Crippen LogP contribution in [0.4, 0.5) is 5.69 Å². The lowest BCUT2D eigenvalue weighted by atomic mass is 10.1. The zero-order valence-corrected chi connectivity index (χ0v) is 7.76. The van der Waals surface area contributed by atoms with Crippen molar-refractivity contribution in [2.75, 3.05) is 18.1 Å². The van der Waals surface area contributed by atoms with Gasteiger partial charge in [-0.2, -0.15) is 0 Å². The van der Waals surface area contributed by atoms with Crippen molar-refractivity contribution in [3.63, 3.8) is 0 Å². The molecular weight excluding hydrogens is 180 g/mol. The second kappa shape index (κ2) is 3.75. The number of carbonyl (C=O) groups is 1. The maximum atomic E-state index is 11.5. The predicted octanol–water partition coefficient (Wildman–Crippen LogP) is 0.427. The summed E-state index contributed by atoms with van der Waals surface area (Å²) in [5.74, 6) is 0.139. The summed E-state index contributed by atoms with van der Waals surface area (Å²) >= 11 is 0. The molecule has 4 heteroatoms. The van der Waals surface area contributed by atoms with Gasteiger partial charge < -0.3 is 10.0 Å². The summed E-state index contributed by atoms with van der Waals surface area (Å²) in [6.45, 7) is 0.670. The molecule has 1 aromatic rings. The van der Waals surface area contributed by atoms with E-state index < -0.39 is 0 Å². The number of aliphatic hydroxyl groups excluding tert-OH is 1. The Balaban J connectivity index is 2.17. The van der Waals surface area contributed by atoms with Crippen LogP contribution >= 0.6 is 0 Å². The summed E-state index contributed by atoms with van der Waals surface area (Å²) in [5.41, 5.74) is 0.813. The second-order valence-electron chi connectivity index (χ2n) is 3.47. The second-order valence-corrected chi connectivity index (χ2v) is 3.47. The lowest BCUT2D eigenvalue weighted by Crippen LogP contribution is -2.24. The van der Waals surface area contributed by atoms with Gasteiger partial charge in [-0.1, -0.05) is 0 Å². The molecule has 2 rings (SSSR count). The summed E-state index contributed by atoms with van der Waals surface area (Å²) in [6.07, 6.45) is 3.77. The largest absolute Gasteiger partial charge is 0.396 e. The summed E-state index contributed by atoms with van der Waals surface area (Å²) < 4.78 is 0. The zero-order chi connectivity index (χ0) is 9.97. The molecule has 1 saturated heterocycles. The number of pyridine rings is 1. The van der Waals surface area contributed by atoms with Crippen LogP contribution in [0.2, 0.25) is 0 Å². The third-order valence-corrected chi connectivity index (χ3v) is 2.42. The first-order valence-electron chi connectivity index (χ1n) is 4.62. The first-order chi connectivity index (χ1) is 6.81. The van der Waals surface area contributed by atoms with Crippen LogP contribution in [0.25, 0.3) is 0 Å². The molecule has 1 unspecified atom stereocenters. The van der Waals surface area contributed by atoms with Gasteiger partial charge in [0.05, 0.1) is 11.9 Å². The fraction of sp³-hybridized carbons (Fsp3) is 0.400. The first-order valence-corrected chi connectivity index (χ1v) is 4.62. The predicted molar refractivity (Wildman–Crippen MR) is 51.8 cm³/mol. The van der Waals surface area contributed by atoms with Crippen molar-refractivity contribution < 1.29 is 9.90 Å². The van der Waals surface area contributed by atoms with Gasteiger partial charge in [-0.15, -0.1) is 0 Å². The van der Waals surface area contributed by atoms with E-state index >= 15 is 0 Å². The molecular formula is C10H12N2O2. The number of rotatable bonds is 2. The van der Waals surface area contributed by atoms with Crippen molar-refractivity contribution >= 4 is 11.6 Å². The van der Waals surface area contributed by atoms with E-state index in [4.69, 9.17) is 5.11 Å². The van der Waals surface area contributed by atoms with E-state index in [9.17, 15) is 4.79 Å². The van der Waals surface area contributed by atoms with Crippen LogP contribution in [0, 0.1) is 5.92 Å². The maximum Gasteiger partial charge on any atom is 0.227 e. The number of hydrogen-bond donors (Lipinski definition) is 1. The van der Waals surface area contributed by atoms with Gasteiger partial charge in [0.25, 0.3) is 0 Å². The molecule has 1 amide bonds. The number of aromatic nitrogens is 1. The average molecular weight is 192 g/mol. The van der Waals surface area contributed by atoms with Gasteiger partial charge >= 0.3 is 0 Å². The van der Waals surface area contributed by atoms with Crippen LogP contribution in [0.15, 0.2) is 24.5 Å². The van der Waals surface area contributed by atoms with Gasteiger partial charge in [0.2, 0.25) is 5.91 Å². The van der Waals surface area contributed by atoms with E-state index in [-0.39, 0.29) is 18.4 Å². The number of amides is 1. The van der Waals surface area contributed by atoms with Gasteiger partial charge in [-0.25, -0.2) is 0 Å². The van der Waals surface area contributed by atoms with E-state index in [0.717, 1.165) is 5.69 Å². The smallest absolute Gasteiger partial charge is 0.227 e. The third-order valence-electron chi connectivity index (χ3n) is 2.42. The van der Waals surface area contributed by atoms with E-state index in [1.807, 2.05) is 6.07 Å². The molecule has 0 saturated carbocycles. The fourth-order valence-corrected chi connectivity index (χ4v) is 1.67. The van der Waals surface area contributed by atoms with Gasteiger partial charge in [-0.3, -0.25) is 9.78 Å². The molecule has 1 N–H and O–H groups in total. The Morgan fingerprint density at radius 2 is 2.50 bits per heavy atom. The molecule has 1 atom stereocenters. The Morgan fingerprint density at radius 3 is 3.07 bits per heavy atom. The minimum absolute atomic E-state index is 0.0667. The van der Waals surface area contributed by atoms with Crippen molar-refractivity contribution in [3.05, 3.63) is 24.5 Å². The normalized spacial score (nSPS) is 21.6. The van der Waals surface area contributed by atoms with Crippen molar-refractivity contribution in [2.24, 2.45) is 5.92 Å². The van der Waals surface area contributed by atoms with Crippen molar-refractivity contribution in [1.29, 1.82) is 0 Å². The van der Waals surface area contributed by atoms with Gasteiger partial charge in [0, 0.05) is 31.7 Å². The quantitative estimate of drug-likeness (QED) is 0.739. The van der Waals surface area contributed by atoms with Crippen LogP contribution in [0.5, 0.6) is 0 Å². The molecule has 74 valence electrons. The van der Waals surface area contributed by atoms with Crippen LogP contribution in [-0.4, -0.2) is 29.1 Å². The molecule has 0 spiro atoms. The van der Waals surface area contributed by atoms with Gasteiger partial charge in [0.15, 0.2) is 0 Å². The molecule has 1 aromatic heterocycles. The molecule has 0 radical (unpaired) electrons. The topological polar surface area (TPSA) is 53.4 Å². The first kappa shape index (κ1) is 9.15. The van der Waals surface area contributed by atoms with E-state index in [2.05, 4.69) is 4.98 Å². The molecule has 0 aliphatic carbocycles. The lowest BCUT2D eigenvalue weighted by Gasteiger charge is -2.15. The van der Waals surface area contributed by atoms with Crippen LogP contribution in [0.1, 0.15) is 6.42 Å². The minimum Gasteiger partial charge on any atom is -0.396 e. The lowest BCUT2D eigenvalue weighted by molar-refractivity contribution is -0.117. The minimum atomic E-state index is 0.0667. The SMILES string of the molecule is O=C1CC(CO)CN1c1cccnc1. The Bertz CT molecular complexity index is 326. The van der Waals surface area contributed by atoms with Gasteiger partial charge in [-0.05, 0) is 12.1 Å². The average Bonchev–Trinajstić information content (AvgIpc) is 2.61. The highest BCUT2D eigenvalue weighted by atomic mass is 16.3. The molecule has 1 aliphatic rings. The number of aliphatic hydroxyl groups is 1. The highest BCUT2D eigenvalue weighted by molar-refractivity contribution is 5.95. The van der Waals surface area contributed by atoms with Crippen molar-refractivity contribution in [2.45, 2.75) is 6.42 Å². The fourth-order valence-electron chi connectivity index (χ4n) is 1.67. The Labute approximate surface area is 82.2 Å². The van der Waals surface area contributed by atoms with Gasteiger partial charge in [0.1, 0.15) is 0 Å². The molecule has 0 aromatic carbocycles. The van der Waals surface area contributed by atoms with E-state index in [0.29, 0.717) is 13.0 Å². The monoisotopic (exact) mass is 192 g/mol. The van der Waals surface area contributed by atoms with Crippen molar-refractivity contribution in [3.8, 4) is 0 Å². The Kier molecular flexibility index (Phi) is 2.45. The Hall–Kier alpha value is -1.42. The van der Waals surface area contributed by atoms with E-state index in [1.54, 1.807) is 23.4 Å². The molecule has 4 nitrogen and oxygen atoms in total. The number of carbonyl (C=O) groups excluding carboxylic acids is 1. The summed E-state index contributed by atoms with van der Waals surface area (Å²) in [7, 11) is 0. The molecule has 14 heavy (non-hydrogen) atoms. The zero-order valence-electron chi connectivity index (χ0n) is 7.76. The summed E-state index contributed by atoms with van der Waals surface area (Å²) in [6, 6.07) is 3.65. The molecule has 1 aliphatic heterocycles. The third kappa shape index (κ3) is 1.61. The summed E-state index contributed by atoms with van der Waals surface area (Å²) in [5, 5.41) is 8.95. The number of nitrogens with zero attached hydrogens (tertiary/aromatic N) is 2. The van der Waals surface area contributed by atoms with Crippen LogP contribution in [-0.2, 0) is 4.79 Å². The van der Waals surface area contributed by atoms with Crippen molar-refractivity contribution in [1.82, 2.24) is 4.98 Å². The number of hydrogen-bond acceptors (Lipinski definition) is 3. The summed E-state index contributed by atoms with van der Waals surface area (Å²) in [4.78, 5) is 17.2. The highest BCUT2D eigenvalue weighted by Crippen LogP contribution is 2.23. The maximum absolute atomic E-state index is 11.5. The van der Waals surface area contributed by atoms with E-state index in [1.165, 1.54) is 0 Å². The Morgan fingerprint density at radius 1 is 1.64 bits per heavy atom. The number of anilines is 1. The molecule has 2 heterocycles. The van der Waals surface area contributed by atoms with Crippen LogP contribution in [0.3, 0.4) is 0 Å². The highest BCUT2D eigenvalue weighted by Gasteiger charge is 2.29. The molecule has 0 bridgehead atoms. The molecule has 1 fully saturated rings.